The average molecular weight is 449 g/mol. The molecule has 0 saturated carbocycles. The predicted molar refractivity (Wildman–Crippen MR) is 143 cm³/mol. The van der Waals surface area contributed by atoms with Crippen molar-refractivity contribution in [1.82, 2.24) is 0 Å². The molecule has 0 N–H and O–H groups in total. The van der Waals surface area contributed by atoms with Gasteiger partial charge in [0, 0.05) is 23.0 Å². The topological polar surface area (TPSA) is 0 Å². The lowest BCUT2D eigenvalue weighted by Gasteiger charge is -2.27. The molecule has 0 aromatic heterocycles. The van der Waals surface area contributed by atoms with Gasteiger partial charge in [-0.3, -0.25) is 0 Å². The summed E-state index contributed by atoms with van der Waals surface area (Å²) in [6.45, 7) is 18.6. The highest BCUT2D eigenvalue weighted by atomic mass is 32.2. The van der Waals surface area contributed by atoms with Crippen LogP contribution in [0.15, 0.2) is 24.3 Å². The number of aryl methyl sites for hydroxylation is 3. The molecule has 3 aromatic carbocycles. The van der Waals surface area contributed by atoms with Crippen LogP contribution in [0.1, 0.15) is 76.4 Å². The monoisotopic (exact) mass is 448 g/mol. The predicted octanol–water partition coefficient (Wildman–Crippen LogP) is 8.86. The van der Waals surface area contributed by atoms with E-state index < -0.39 is 0 Å². The third-order valence-corrected chi connectivity index (χ3v) is 9.19. The van der Waals surface area contributed by atoms with E-state index in [1.807, 2.05) is 0 Å². The van der Waals surface area contributed by atoms with Crippen LogP contribution in [0.3, 0.4) is 0 Å². The highest BCUT2D eigenvalue weighted by Crippen LogP contribution is 2.39. The smallest absolute Gasteiger partial charge is 0.0196 e. The largest absolute Gasteiger partial charge is 0.152 e. The quantitative estimate of drug-likeness (QED) is 0.337. The molecule has 31 heavy (non-hydrogen) atoms. The summed E-state index contributed by atoms with van der Waals surface area (Å²) in [5, 5.41) is 2.98. The molecule has 2 aliphatic rings. The molecule has 2 heterocycles. The lowest BCUT2D eigenvalue weighted by Crippen LogP contribution is -2.16. The highest BCUT2D eigenvalue weighted by Gasteiger charge is 2.22. The average Bonchev–Trinajstić information content (AvgIpc) is 2.70. The fourth-order valence-corrected chi connectivity index (χ4v) is 7.50. The van der Waals surface area contributed by atoms with E-state index in [1.165, 1.54) is 60.8 Å². The minimum atomic E-state index is 0.177. The van der Waals surface area contributed by atoms with Gasteiger partial charge >= 0.3 is 0 Å². The Kier molecular flexibility index (Phi) is 6.27. The second-order valence-corrected chi connectivity index (χ2v) is 12.3. The van der Waals surface area contributed by atoms with Crippen LogP contribution in [-0.4, -0.2) is 0 Å². The summed E-state index contributed by atoms with van der Waals surface area (Å²) in [7, 11) is 0. The van der Waals surface area contributed by atoms with Crippen LogP contribution in [-0.2, 0) is 28.4 Å². The van der Waals surface area contributed by atoms with E-state index in [-0.39, 0.29) is 5.41 Å². The van der Waals surface area contributed by atoms with Gasteiger partial charge in [-0.05, 0) is 106 Å². The van der Waals surface area contributed by atoms with Crippen LogP contribution < -0.4 is 0 Å². The molecule has 4 bridgehead atoms. The molecular weight excluding hydrogens is 412 g/mol. The minimum Gasteiger partial charge on any atom is -0.152 e. The van der Waals surface area contributed by atoms with Crippen LogP contribution in [0, 0.1) is 34.6 Å². The second kappa shape index (κ2) is 8.52. The van der Waals surface area contributed by atoms with Gasteiger partial charge < -0.3 is 0 Å². The van der Waals surface area contributed by atoms with Crippen molar-refractivity contribution in [3.8, 4) is 0 Å². The van der Waals surface area contributed by atoms with Gasteiger partial charge in [0.15, 0.2) is 0 Å². The summed E-state index contributed by atoms with van der Waals surface area (Å²) in [6, 6.07) is 9.65. The normalized spacial score (nSPS) is 15.0. The molecule has 0 amide bonds. The van der Waals surface area contributed by atoms with Crippen molar-refractivity contribution >= 4 is 34.3 Å². The van der Waals surface area contributed by atoms with Crippen LogP contribution in [0.5, 0.6) is 0 Å². The number of hydrogen-bond acceptors (Lipinski definition) is 2. The SMILES string of the molecule is Cc1ccc2c3cc(C)c(c2c1C)CSCc1c(C)c(cc(C(C)(C)C)c1C)CSC3. The summed E-state index contributed by atoms with van der Waals surface area (Å²) in [6.07, 6.45) is 0. The molecule has 2 aliphatic heterocycles. The highest BCUT2D eigenvalue weighted by molar-refractivity contribution is 7.98. The molecular formula is C29H36S2. The van der Waals surface area contributed by atoms with Crippen molar-refractivity contribution < 1.29 is 0 Å². The van der Waals surface area contributed by atoms with E-state index in [1.54, 1.807) is 5.56 Å². The Morgan fingerprint density at radius 1 is 0.645 bits per heavy atom. The van der Waals surface area contributed by atoms with Crippen molar-refractivity contribution in [3.63, 3.8) is 0 Å². The van der Waals surface area contributed by atoms with E-state index in [0.29, 0.717) is 0 Å². The maximum absolute atomic E-state index is 2.50. The van der Waals surface area contributed by atoms with Crippen molar-refractivity contribution in [2.24, 2.45) is 0 Å². The lowest BCUT2D eigenvalue weighted by molar-refractivity contribution is 0.584. The Hall–Kier alpha value is -1.38. The summed E-state index contributed by atoms with van der Waals surface area (Å²) >= 11 is 4.16. The molecule has 5 rings (SSSR count). The van der Waals surface area contributed by atoms with Gasteiger partial charge in [-0.2, -0.15) is 23.5 Å². The van der Waals surface area contributed by atoms with Crippen LogP contribution in [0.2, 0.25) is 0 Å². The first kappa shape index (κ1) is 22.8. The zero-order valence-electron chi connectivity index (χ0n) is 20.5. The summed E-state index contributed by atoms with van der Waals surface area (Å²) in [5.41, 5.74) is 15.2. The van der Waals surface area contributed by atoms with E-state index in [2.05, 4.69) is 103 Å². The minimum absolute atomic E-state index is 0.177. The third-order valence-electron chi connectivity index (χ3n) is 7.18. The van der Waals surface area contributed by atoms with E-state index in [9.17, 15) is 0 Å². The fraction of sp³-hybridized carbons (Fsp3) is 0.448. The molecule has 164 valence electrons. The van der Waals surface area contributed by atoms with Crippen LogP contribution in [0.4, 0.5) is 0 Å². The molecule has 0 nitrogen and oxygen atoms in total. The van der Waals surface area contributed by atoms with Gasteiger partial charge in [-0.25, -0.2) is 0 Å². The van der Waals surface area contributed by atoms with Gasteiger partial charge in [0.1, 0.15) is 0 Å². The standard InChI is InChI=1S/C29H36S2/c1-17-9-10-24-23-11-18(2)25(28(24)19(17)3)15-31-16-26-20(4)22(13-30-14-23)12-27(21(26)5)29(6,7)8/h9-12H,13-16H2,1-8H3. The number of hydrogen-bond donors (Lipinski definition) is 0. The fourth-order valence-electron chi connectivity index (χ4n) is 5.10. The van der Waals surface area contributed by atoms with Gasteiger partial charge in [0.05, 0.1) is 0 Å². The Labute approximate surface area is 197 Å². The van der Waals surface area contributed by atoms with Crippen molar-refractivity contribution in [2.75, 3.05) is 0 Å². The molecule has 3 aromatic rings. The molecule has 0 fully saturated rings. The summed E-state index contributed by atoms with van der Waals surface area (Å²) in [5.74, 6) is 4.32. The molecule has 0 unspecified atom stereocenters. The zero-order chi connectivity index (χ0) is 22.5. The Morgan fingerprint density at radius 2 is 1.29 bits per heavy atom. The summed E-state index contributed by atoms with van der Waals surface area (Å²) in [4.78, 5) is 0. The van der Waals surface area contributed by atoms with Crippen LogP contribution >= 0.6 is 23.5 Å². The lowest BCUT2D eigenvalue weighted by atomic mass is 9.80. The molecule has 0 radical (unpaired) electrons. The first-order valence-electron chi connectivity index (χ1n) is 11.4. The number of fused-ring (bicyclic) bond motifs is 5. The van der Waals surface area contributed by atoms with Crippen molar-refractivity contribution in [3.05, 3.63) is 79.9 Å². The molecule has 0 aliphatic carbocycles. The molecule has 0 spiro atoms. The zero-order valence-corrected chi connectivity index (χ0v) is 22.1. The first-order valence-corrected chi connectivity index (χ1v) is 13.7. The Balaban J connectivity index is 1.88. The second-order valence-electron chi connectivity index (χ2n) is 10.3. The Bertz CT molecular complexity index is 1160. The van der Waals surface area contributed by atoms with E-state index in [4.69, 9.17) is 0 Å². The van der Waals surface area contributed by atoms with Gasteiger partial charge in [-0.1, -0.05) is 45.0 Å². The molecule has 2 heteroatoms. The number of benzene rings is 3. The number of thioether (sulfide) groups is 2. The Morgan fingerprint density at radius 3 is 2.00 bits per heavy atom. The van der Waals surface area contributed by atoms with Crippen molar-refractivity contribution in [1.29, 1.82) is 0 Å². The van der Waals surface area contributed by atoms with Gasteiger partial charge in [0.2, 0.25) is 0 Å². The maximum Gasteiger partial charge on any atom is 0.0196 e. The van der Waals surface area contributed by atoms with E-state index in [0.717, 1.165) is 23.0 Å². The van der Waals surface area contributed by atoms with Gasteiger partial charge in [0.25, 0.3) is 0 Å². The van der Waals surface area contributed by atoms with Gasteiger partial charge in [-0.15, -0.1) is 0 Å². The summed E-state index contributed by atoms with van der Waals surface area (Å²) < 4.78 is 0. The van der Waals surface area contributed by atoms with Crippen molar-refractivity contribution in [2.45, 2.75) is 83.8 Å². The molecule has 0 atom stereocenters. The first-order chi connectivity index (χ1) is 14.6. The molecule has 0 saturated heterocycles. The number of rotatable bonds is 0. The maximum atomic E-state index is 2.50. The third kappa shape index (κ3) is 4.18. The van der Waals surface area contributed by atoms with Crippen LogP contribution in [0.25, 0.3) is 10.8 Å². The van der Waals surface area contributed by atoms with E-state index >= 15 is 0 Å².